The molecule has 0 unspecified atom stereocenters. The van der Waals surface area contributed by atoms with Crippen LogP contribution < -0.4 is 10.6 Å². The molecule has 2 amide bonds. The second-order valence-corrected chi connectivity index (χ2v) is 4.31. The molecule has 2 N–H and O–H groups in total. The third-order valence-corrected chi connectivity index (χ3v) is 2.47. The standard InChI is InChI=1S/C13H19N3O/c1-9(2)10(3)8-14-13(17)16-12-7-5-6-11(4)15-12/h5-9H,1-4H3,(H2,14,15,16,17)/b10-8+. The van der Waals surface area contributed by atoms with Crippen LogP contribution in [0.25, 0.3) is 0 Å². The average Bonchev–Trinajstić information content (AvgIpc) is 2.25. The fourth-order valence-electron chi connectivity index (χ4n) is 1.11. The van der Waals surface area contributed by atoms with Gasteiger partial charge in [0.25, 0.3) is 0 Å². The summed E-state index contributed by atoms with van der Waals surface area (Å²) in [6.07, 6.45) is 1.72. The Morgan fingerprint density at radius 3 is 2.71 bits per heavy atom. The van der Waals surface area contributed by atoms with Crippen molar-refractivity contribution in [3.63, 3.8) is 0 Å². The number of hydrogen-bond donors (Lipinski definition) is 2. The number of urea groups is 1. The van der Waals surface area contributed by atoms with E-state index in [2.05, 4.69) is 29.5 Å². The molecule has 1 aromatic heterocycles. The Morgan fingerprint density at radius 2 is 2.12 bits per heavy atom. The number of nitrogens with zero attached hydrogens (tertiary/aromatic N) is 1. The van der Waals surface area contributed by atoms with Crippen LogP contribution in [0.5, 0.6) is 0 Å². The van der Waals surface area contributed by atoms with Crippen LogP contribution in [-0.2, 0) is 0 Å². The summed E-state index contributed by atoms with van der Waals surface area (Å²) in [5.41, 5.74) is 1.99. The number of rotatable bonds is 3. The number of allylic oxidation sites excluding steroid dienone is 1. The van der Waals surface area contributed by atoms with E-state index in [9.17, 15) is 4.79 Å². The minimum Gasteiger partial charge on any atom is -0.314 e. The van der Waals surface area contributed by atoms with Crippen LogP contribution in [0.4, 0.5) is 10.6 Å². The number of aryl methyl sites for hydroxylation is 1. The van der Waals surface area contributed by atoms with Crippen molar-refractivity contribution in [3.05, 3.63) is 35.7 Å². The van der Waals surface area contributed by atoms with E-state index in [1.807, 2.05) is 26.0 Å². The van der Waals surface area contributed by atoms with Gasteiger partial charge in [-0.3, -0.25) is 5.32 Å². The van der Waals surface area contributed by atoms with Gasteiger partial charge in [0, 0.05) is 11.9 Å². The van der Waals surface area contributed by atoms with Crippen LogP contribution in [0.3, 0.4) is 0 Å². The summed E-state index contributed by atoms with van der Waals surface area (Å²) in [7, 11) is 0. The first-order valence-electron chi connectivity index (χ1n) is 5.67. The number of nitrogens with one attached hydrogen (secondary N) is 2. The number of anilines is 1. The summed E-state index contributed by atoms with van der Waals surface area (Å²) in [6, 6.07) is 5.22. The van der Waals surface area contributed by atoms with Gasteiger partial charge in [-0.05, 0) is 31.9 Å². The van der Waals surface area contributed by atoms with Crippen molar-refractivity contribution in [2.75, 3.05) is 5.32 Å². The van der Waals surface area contributed by atoms with E-state index in [1.165, 1.54) is 0 Å². The Morgan fingerprint density at radius 1 is 1.41 bits per heavy atom. The summed E-state index contributed by atoms with van der Waals surface area (Å²) >= 11 is 0. The zero-order valence-corrected chi connectivity index (χ0v) is 10.7. The van der Waals surface area contributed by atoms with Gasteiger partial charge < -0.3 is 5.32 Å². The molecule has 0 aliphatic carbocycles. The molecule has 0 radical (unpaired) electrons. The maximum Gasteiger partial charge on any atom is 0.324 e. The molecule has 92 valence electrons. The average molecular weight is 233 g/mol. The first-order chi connectivity index (χ1) is 7.99. The lowest BCUT2D eigenvalue weighted by Crippen LogP contribution is -2.25. The highest BCUT2D eigenvalue weighted by Gasteiger charge is 2.01. The van der Waals surface area contributed by atoms with Crippen molar-refractivity contribution < 1.29 is 4.79 Å². The SMILES string of the molecule is C/C(=C\NC(=O)Nc1cccc(C)n1)C(C)C. The Balaban J connectivity index is 2.53. The summed E-state index contributed by atoms with van der Waals surface area (Å²) < 4.78 is 0. The quantitative estimate of drug-likeness (QED) is 0.843. The number of pyridine rings is 1. The predicted molar refractivity (Wildman–Crippen MR) is 69.7 cm³/mol. The van der Waals surface area contributed by atoms with E-state index in [4.69, 9.17) is 0 Å². The molecule has 0 fully saturated rings. The van der Waals surface area contributed by atoms with Gasteiger partial charge in [-0.1, -0.05) is 25.5 Å². The highest BCUT2D eigenvalue weighted by molar-refractivity contribution is 5.88. The van der Waals surface area contributed by atoms with Gasteiger partial charge in [0.05, 0.1) is 0 Å². The van der Waals surface area contributed by atoms with Gasteiger partial charge >= 0.3 is 6.03 Å². The van der Waals surface area contributed by atoms with Crippen molar-refractivity contribution in [2.45, 2.75) is 27.7 Å². The first kappa shape index (κ1) is 13.2. The molecule has 0 saturated heterocycles. The maximum atomic E-state index is 11.5. The van der Waals surface area contributed by atoms with Crippen LogP contribution in [0, 0.1) is 12.8 Å². The number of carbonyl (C=O) groups excluding carboxylic acids is 1. The van der Waals surface area contributed by atoms with Gasteiger partial charge in [0.2, 0.25) is 0 Å². The van der Waals surface area contributed by atoms with E-state index < -0.39 is 0 Å². The fraction of sp³-hybridized carbons (Fsp3) is 0.385. The largest absolute Gasteiger partial charge is 0.324 e. The summed E-state index contributed by atoms with van der Waals surface area (Å²) in [5, 5.41) is 5.35. The third kappa shape index (κ3) is 4.68. The van der Waals surface area contributed by atoms with Crippen LogP contribution in [0.1, 0.15) is 26.5 Å². The number of hydrogen-bond acceptors (Lipinski definition) is 2. The zero-order chi connectivity index (χ0) is 12.8. The zero-order valence-electron chi connectivity index (χ0n) is 10.7. The number of carbonyl (C=O) groups is 1. The lowest BCUT2D eigenvalue weighted by Gasteiger charge is -2.07. The second kappa shape index (κ2) is 6.03. The van der Waals surface area contributed by atoms with Gasteiger partial charge in [0.15, 0.2) is 0 Å². The molecule has 0 aliphatic rings. The van der Waals surface area contributed by atoms with Gasteiger partial charge in [-0.2, -0.15) is 0 Å². The monoisotopic (exact) mass is 233 g/mol. The summed E-state index contributed by atoms with van der Waals surface area (Å²) in [6.45, 7) is 8.02. The van der Waals surface area contributed by atoms with Crippen molar-refractivity contribution in [2.24, 2.45) is 5.92 Å². The van der Waals surface area contributed by atoms with Crippen molar-refractivity contribution in [1.82, 2.24) is 10.3 Å². The molecule has 1 aromatic rings. The molecule has 0 atom stereocenters. The maximum absolute atomic E-state index is 11.5. The van der Waals surface area contributed by atoms with Gasteiger partial charge in [-0.25, -0.2) is 9.78 Å². The number of aromatic nitrogens is 1. The van der Waals surface area contributed by atoms with Gasteiger partial charge in [0.1, 0.15) is 5.82 Å². The first-order valence-corrected chi connectivity index (χ1v) is 5.67. The van der Waals surface area contributed by atoms with E-state index in [0.717, 1.165) is 11.3 Å². The minimum absolute atomic E-state index is 0.275. The van der Waals surface area contributed by atoms with Crippen LogP contribution in [-0.4, -0.2) is 11.0 Å². The normalized spacial score (nSPS) is 11.5. The highest BCUT2D eigenvalue weighted by Crippen LogP contribution is 2.06. The Labute approximate surface area is 102 Å². The highest BCUT2D eigenvalue weighted by atomic mass is 16.2. The molecule has 0 spiro atoms. The van der Waals surface area contributed by atoms with Gasteiger partial charge in [-0.15, -0.1) is 0 Å². The van der Waals surface area contributed by atoms with Crippen LogP contribution >= 0.6 is 0 Å². The van der Waals surface area contributed by atoms with Crippen molar-refractivity contribution in [3.8, 4) is 0 Å². The lowest BCUT2D eigenvalue weighted by atomic mass is 10.1. The third-order valence-electron chi connectivity index (χ3n) is 2.47. The van der Waals surface area contributed by atoms with E-state index >= 15 is 0 Å². The van der Waals surface area contributed by atoms with Crippen LogP contribution in [0.2, 0.25) is 0 Å². The molecule has 4 nitrogen and oxygen atoms in total. The topological polar surface area (TPSA) is 54.0 Å². The Bertz CT molecular complexity index is 424. The molecule has 1 heterocycles. The lowest BCUT2D eigenvalue weighted by molar-refractivity contribution is 0.255. The number of amides is 2. The fourth-order valence-corrected chi connectivity index (χ4v) is 1.11. The van der Waals surface area contributed by atoms with E-state index in [0.29, 0.717) is 11.7 Å². The molecule has 1 rings (SSSR count). The molecule has 0 bridgehead atoms. The predicted octanol–water partition coefficient (Wildman–Crippen LogP) is 3.07. The van der Waals surface area contributed by atoms with Crippen molar-refractivity contribution in [1.29, 1.82) is 0 Å². The second-order valence-electron chi connectivity index (χ2n) is 4.31. The molecule has 17 heavy (non-hydrogen) atoms. The Kier molecular flexibility index (Phi) is 4.69. The van der Waals surface area contributed by atoms with Crippen LogP contribution in [0.15, 0.2) is 30.0 Å². The molecular weight excluding hydrogens is 214 g/mol. The molecule has 0 aliphatic heterocycles. The van der Waals surface area contributed by atoms with E-state index in [-0.39, 0.29) is 6.03 Å². The minimum atomic E-state index is -0.275. The smallest absolute Gasteiger partial charge is 0.314 e. The molecular formula is C13H19N3O. The molecule has 4 heteroatoms. The molecule has 0 aromatic carbocycles. The summed E-state index contributed by atoms with van der Waals surface area (Å²) in [5.74, 6) is 0.977. The van der Waals surface area contributed by atoms with E-state index in [1.54, 1.807) is 12.3 Å². The Hall–Kier alpha value is -1.84. The molecule has 0 saturated carbocycles. The summed E-state index contributed by atoms with van der Waals surface area (Å²) in [4.78, 5) is 15.7. The van der Waals surface area contributed by atoms with Crippen molar-refractivity contribution >= 4 is 11.8 Å².